The highest BCUT2D eigenvalue weighted by Crippen LogP contribution is 2.19. The van der Waals surface area contributed by atoms with Crippen molar-refractivity contribution in [3.05, 3.63) is 0 Å². The van der Waals surface area contributed by atoms with Gasteiger partial charge in [-0.15, -0.1) is 24.0 Å². The van der Waals surface area contributed by atoms with E-state index in [1.54, 1.807) is 0 Å². The smallest absolute Gasteiger partial charge is 0.308 e. The molecule has 2 fully saturated rings. The Bertz CT molecular complexity index is 445. The maximum atomic E-state index is 11.7. The fourth-order valence-electron chi connectivity index (χ4n) is 3.84. The van der Waals surface area contributed by atoms with E-state index in [0.29, 0.717) is 0 Å². The third kappa shape index (κ3) is 8.54. The van der Waals surface area contributed by atoms with Gasteiger partial charge in [0.05, 0.1) is 13.0 Å². The van der Waals surface area contributed by atoms with Crippen LogP contribution in [-0.2, 0) is 9.53 Å². The molecule has 0 spiro atoms. The van der Waals surface area contributed by atoms with Crippen molar-refractivity contribution >= 4 is 35.9 Å². The molecular formula is C20H39IN4O2. The van der Waals surface area contributed by atoms with E-state index in [1.807, 2.05) is 0 Å². The van der Waals surface area contributed by atoms with Crippen molar-refractivity contribution in [1.82, 2.24) is 15.1 Å². The number of hydrogen-bond donors (Lipinski definition) is 1. The number of esters is 1. The molecule has 0 radical (unpaired) electrons. The Hall–Kier alpha value is -0.570. The molecule has 0 amide bonds. The summed E-state index contributed by atoms with van der Waals surface area (Å²) in [6, 6.07) is 0. The van der Waals surface area contributed by atoms with Crippen LogP contribution in [0.1, 0.15) is 52.4 Å². The second-order valence-electron chi connectivity index (χ2n) is 7.75. The van der Waals surface area contributed by atoms with Crippen LogP contribution < -0.4 is 5.32 Å². The van der Waals surface area contributed by atoms with Crippen molar-refractivity contribution in [2.24, 2.45) is 16.8 Å². The summed E-state index contributed by atoms with van der Waals surface area (Å²) in [5.41, 5.74) is 0. The number of nitrogens with zero attached hydrogens (tertiary/aromatic N) is 3. The van der Waals surface area contributed by atoms with Crippen LogP contribution in [0.25, 0.3) is 0 Å². The molecule has 0 atom stereocenters. The van der Waals surface area contributed by atoms with Gasteiger partial charge in [-0.3, -0.25) is 9.79 Å². The highest BCUT2D eigenvalue weighted by molar-refractivity contribution is 14.0. The molecule has 0 aromatic rings. The lowest BCUT2D eigenvalue weighted by Crippen LogP contribution is -2.46. The van der Waals surface area contributed by atoms with Crippen LogP contribution in [0, 0.1) is 11.8 Å². The second kappa shape index (κ2) is 13.6. The first-order chi connectivity index (χ1) is 12.6. The van der Waals surface area contributed by atoms with E-state index in [-0.39, 0.29) is 35.9 Å². The van der Waals surface area contributed by atoms with E-state index < -0.39 is 0 Å². The molecule has 0 unspecified atom stereocenters. The van der Waals surface area contributed by atoms with Crippen LogP contribution in [0.2, 0.25) is 0 Å². The summed E-state index contributed by atoms with van der Waals surface area (Å²) < 4.78 is 4.87. The Kier molecular flexibility index (Phi) is 12.3. The van der Waals surface area contributed by atoms with Crippen molar-refractivity contribution in [2.45, 2.75) is 52.4 Å². The number of unbranched alkanes of at least 4 members (excludes halogenated alkanes) is 1. The molecule has 0 aromatic carbocycles. The number of methoxy groups -OCH3 is 1. The van der Waals surface area contributed by atoms with Gasteiger partial charge in [-0.2, -0.15) is 0 Å². The minimum absolute atomic E-state index is 0. The molecule has 2 aliphatic rings. The molecule has 2 heterocycles. The Morgan fingerprint density at radius 3 is 2.37 bits per heavy atom. The van der Waals surface area contributed by atoms with Gasteiger partial charge in [0.2, 0.25) is 0 Å². The van der Waals surface area contributed by atoms with Gasteiger partial charge >= 0.3 is 5.97 Å². The molecule has 2 rings (SSSR count). The summed E-state index contributed by atoms with van der Waals surface area (Å²) in [6.07, 6.45) is 6.77. The second-order valence-corrected chi connectivity index (χ2v) is 7.75. The van der Waals surface area contributed by atoms with Crippen molar-refractivity contribution in [2.75, 3.05) is 52.9 Å². The minimum atomic E-state index is -0.0707. The number of likely N-dealkylation sites (tertiary alicyclic amines) is 2. The minimum Gasteiger partial charge on any atom is -0.469 e. The molecule has 7 heteroatoms. The van der Waals surface area contributed by atoms with Crippen LogP contribution in [0.4, 0.5) is 0 Å². The van der Waals surface area contributed by atoms with E-state index in [2.05, 4.69) is 29.0 Å². The van der Waals surface area contributed by atoms with Crippen LogP contribution in [0.15, 0.2) is 4.99 Å². The lowest BCUT2D eigenvalue weighted by Gasteiger charge is -2.33. The topological polar surface area (TPSA) is 57.2 Å². The number of nitrogens with one attached hydrogen (secondary N) is 1. The van der Waals surface area contributed by atoms with E-state index in [1.165, 1.54) is 46.0 Å². The first-order valence-corrected chi connectivity index (χ1v) is 10.5. The summed E-state index contributed by atoms with van der Waals surface area (Å²) >= 11 is 0. The molecule has 0 aromatic heterocycles. The molecule has 0 aliphatic carbocycles. The van der Waals surface area contributed by atoms with Crippen LogP contribution in [0.3, 0.4) is 0 Å². The van der Waals surface area contributed by atoms with Crippen molar-refractivity contribution < 1.29 is 9.53 Å². The van der Waals surface area contributed by atoms with Crippen LogP contribution >= 0.6 is 24.0 Å². The Morgan fingerprint density at radius 2 is 1.78 bits per heavy atom. The van der Waals surface area contributed by atoms with E-state index in [0.717, 1.165) is 57.3 Å². The van der Waals surface area contributed by atoms with Crippen LogP contribution in [-0.4, -0.2) is 74.7 Å². The summed E-state index contributed by atoms with van der Waals surface area (Å²) in [5, 5.41) is 3.40. The molecule has 0 bridgehead atoms. The number of carbonyl (C=O) groups excluding carboxylic acids is 1. The maximum Gasteiger partial charge on any atom is 0.308 e. The van der Waals surface area contributed by atoms with Crippen molar-refractivity contribution in [1.29, 1.82) is 0 Å². The average Bonchev–Trinajstić information content (AvgIpc) is 2.68. The lowest BCUT2D eigenvalue weighted by molar-refractivity contribution is -0.146. The van der Waals surface area contributed by atoms with Gasteiger partial charge in [0.25, 0.3) is 0 Å². The van der Waals surface area contributed by atoms with Gasteiger partial charge in [0.1, 0.15) is 0 Å². The molecule has 27 heavy (non-hydrogen) atoms. The maximum absolute atomic E-state index is 11.7. The highest BCUT2D eigenvalue weighted by atomic mass is 127. The monoisotopic (exact) mass is 494 g/mol. The predicted octanol–water partition coefficient (Wildman–Crippen LogP) is 2.97. The van der Waals surface area contributed by atoms with Crippen LogP contribution in [0.5, 0.6) is 0 Å². The predicted molar refractivity (Wildman–Crippen MR) is 122 cm³/mol. The van der Waals surface area contributed by atoms with Gasteiger partial charge in [-0.1, -0.05) is 6.92 Å². The Balaban J connectivity index is 0.00000364. The number of aliphatic imine (C=N–C) groups is 1. The normalized spacial score (nSPS) is 20.3. The molecular weight excluding hydrogens is 455 g/mol. The number of carbonyl (C=O) groups is 1. The molecule has 0 saturated carbocycles. The number of piperidine rings is 2. The average molecular weight is 494 g/mol. The number of halogens is 1. The summed E-state index contributed by atoms with van der Waals surface area (Å²) in [5.74, 6) is 1.88. The standard InChI is InChI=1S/C20H38N4O2.HI/c1-4-21-20(24-15-9-18(10-16-24)19(25)26-3)22-11-5-6-12-23-13-7-17(2)8-14-23;/h17-18H,4-16H2,1-3H3,(H,21,22);1H. The third-order valence-corrected chi connectivity index (χ3v) is 5.68. The van der Waals surface area contributed by atoms with Crippen molar-refractivity contribution in [3.63, 3.8) is 0 Å². The van der Waals surface area contributed by atoms with Gasteiger partial charge < -0.3 is 19.9 Å². The van der Waals surface area contributed by atoms with Gasteiger partial charge in [0, 0.05) is 26.2 Å². The number of guanidine groups is 1. The molecule has 6 nitrogen and oxygen atoms in total. The molecule has 1 N–H and O–H groups in total. The lowest BCUT2D eigenvalue weighted by atomic mass is 9.97. The van der Waals surface area contributed by atoms with Gasteiger partial charge in [-0.05, 0) is 71.0 Å². The molecule has 2 aliphatic heterocycles. The van der Waals surface area contributed by atoms with Gasteiger partial charge in [-0.25, -0.2) is 0 Å². The fraction of sp³-hybridized carbons (Fsp3) is 0.900. The fourth-order valence-corrected chi connectivity index (χ4v) is 3.84. The Labute approximate surface area is 182 Å². The summed E-state index contributed by atoms with van der Waals surface area (Å²) in [4.78, 5) is 21.4. The quantitative estimate of drug-likeness (QED) is 0.194. The van der Waals surface area contributed by atoms with E-state index >= 15 is 0 Å². The number of hydrogen-bond acceptors (Lipinski definition) is 4. The third-order valence-electron chi connectivity index (χ3n) is 5.68. The summed E-state index contributed by atoms with van der Waals surface area (Å²) in [6.45, 7) is 11.7. The number of rotatable bonds is 7. The zero-order valence-electron chi connectivity index (χ0n) is 17.4. The molecule has 2 saturated heterocycles. The largest absolute Gasteiger partial charge is 0.469 e. The van der Waals surface area contributed by atoms with Crippen molar-refractivity contribution in [3.8, 4) is 0 Å². The first-order valence-electron chi connectivity index (χ1n) is 10.5. The highest BCUT2D eigenvalue weighted by Gasteiger charge is 2.26. The van der Waals surface area contributed by atoms with Gasteiger partial charge in [0.15, 0.2) is 5.96 Å². The van der Waals surface area contributed by atoms with E-state index in [4.69, 9.17) is 9.73 Å². The summed E-state index contributed by atoms with van der Waals surface area (Å²) in [7, 11) is 1.48. The number of ether oxygens (including phenoxy) is 1. The first kappa shape index (κ1) is 24.5. The van der Waals surface area contributed by atoms with E-state index in [9.17, 15) is 4.79 Å². The zero-order valence-corrected chi connectivity index (χ0v) is 19.7. The zero-order chi connectivity index (χ0) is 18.8. The Morgan fingerprint density at radius 1 is 1.11 bits per heavy atom. The molecule has 158 valence electrons. The SMILES string of the molecule is CCNC(=NCCCCN1CCC(C)CC1)N1CCC(C(=O)OC)CC1.I.